The highest BCUT2D eigenvalue weighted by Gasteiger charge is 2.20. The summed E-state index contributed by atoms with van der Waals surface area (Å²) in [5.41, 5.74) is 1.01. The van der Waals surface area contributed by atoms with Gasteiger partial charge in [0.25, 0.3) is 0 Å². The van der Waals surface area contributed by atoms with E-state index in [9.17, 15) is 4.79 Å². The van der Waals surface area contributed by atoms with Crippen LogP contribution in [0.3, 0.4) is 0 Å². The molecule has 1 atom stereocenters. The van der Waals surface area contributed by atoms with Gasteiger partial charge in [0.2, 0.25) is 5.91 Å². The summed E-state index contributed by atoms with van der Waals surface area (Å²) in [7, 11) is 0. The first-order valence-electron chi connectivity index (χ1n) is 7.73. The minimum atomic E-state index is 0.262. The molecule has 1 amide bonds. The number of hydrogen-bond acceptors (Lipinski definition) is 2. The SMILES string of the molecule is Cc1cc(OCCCC(=O)N2CCCC(C)C2)ccc1Cl. The van der Waals surface area contributed by atoms with E-state index in [0.29, 0.717) is 18.9 Å². The molecule has 21 heavy (non-hydrogen) atoms. The lowest BCUT2D eigenvalue weighted by Crippen LogP contribution is -2.39. The minimum absolute atomic E-state index is 0.262. The number of aryl methyl sites for hydroxylation is 1. The van der Waals surface area contributed by atoms with Crippen molar-refractivity contribution in [3.63, 3.8) is 0 Å². The van der Waals surface area contributed by atoms with Gasteiger partial charge in [-0.3, -0.25) is 4.79 Å². The smallest absolute Gasteiger partial charge is 0.222 e. The fraction of sp³-hybridized carbons (Fsp3) is 0.588. The minimum Gasteiger partial charge on any atom is -0.494 e. The Morgan fingerprint density at radius 2 is 2.29 bits per heavy atom. The van der Waals surface area contributed by atoms with Gasteiger partial charge in [-0.25, -0.2) is 0 Å². The molecule has 1 unspecified atom stereocenters. The average Bonchev–Trinajstić information content (AvgIpc) is 2.47. The van der Waals surface area contributed by atoms with Crippen LogP contribution in [-0.2, 0) is 4.79 Å². The Morgan fingerprint density at radius 3 is 3.00 bits per heavy atom. The van der Waals surface area contributed by atoms with Gasteiger partial charge < -0.3 is 9.64 Å². The quantitative estimate of drug-likeness (QED) is 0.767. The second kappa shape index (κ2) is 7.69. The normalized spacial score (nSPS) is 18.6. The van der Waals surface area contributed by atoms with E-state index in [4.69, 9.17) is 16.3 Å². The van der Waals surface area contributed by atoms with E-state index in [1.54, 1.807) is 0 Å². The van der Waals surface area contributed by atoms with Crippen LogP contribution in [0.1, 0.15) is 38.2 Å². The molecule has 0 saturated carbocycles. The lowest BCUT2D eigenvalue weighted by Gasteiger charge is -2.31. The van der Waals surface area contributed by atoms with Gasteiger partial charge >= 0.3 is 0 Å². The standard InChI is InChI=1S/C17H24ClNO2/c1-13-5-3-9-19(12-13)17(20)6-4-10-21-15-7-8-16(18)14(2)11-15/h7-8,11,13H,3-6,9-10,12H2,1-2H3. The summed E-state index contributed by atoms with van der Waals surface area (Å²) in [6.07, 6.45) is 3.70. The first-order chi connectivity index (χ1) is 10.1. The number of nitrogens with zero attached hydrogens (tertiary/aromatic N) is 1. The average molecular weight is 310 g/mol. The lowest BCUT2D eigenvalue weighted by atomic mass is 10.00. The molecule has 1 aromatic rings. The fourth-order valence-corrected chi connectivity index (χ4v) is 2.81. The number of carbonyl (C=O) groups excluding carboxylic acids is 1. The van der Waals surface area contributed by atoms with Crippen LogP contribution in [0.25, 0.3) is 0 Å². The predicted molar refractivity (Wildman–Crippen MR) is 85.9 cm³/mol. The zero-order valence-electron chi connectivity index (χ0n) is 12.9. The number of likely N-dealkylation sites (tertiary alicyclic amines) is 1. The van der Waals surface area contributed by atoms with Crippen LogP contribution in [0, 0.1) is 12.8 Å². The third kappa shape index (κ3) is 4.92. The first-order valence-corrected chi connectivity index (χ1v) is 8.11. The summed E-state index contributed by atoms with van der Waals surface area (Å²) in [6.45, 7) is 6.56. The van der Waals surface area contributed by atoms with Gasteiger partial charge in [0.05, 0.1) is 6.61 Å². The Hall–Kier alpha value is -1.22. The summed E-state index contributed by atoms with van der Waals surface area (Å²) in [5.74, 6) is 1.71. The van der Waals surface area contributed by atoms with Crippen LogP contribution >= 0.6 is 11.6 Å². The van der Waals surface area contributed by atoms with E-state index in [1.165, 1.54) is 6.42 Å². The molecule has 116 valence electrons. The summed E-state index contributed by atoms with van der Waals surface area (Å²) in [6, 6.07) is 5.63. The van der Waals surface area contributed by atoms with Crippen molar-refractivity contribution in [2.75, 3.05) is 19.7 Å². The van der Waals surface area contributed by atoms with E-state index in [1.807, 2.05) is 30.0 Å². The molecular weight excluding hydrogens is 286 g/mol. The maximum atomic E-state index is 12.1. The summed E-state index contributed by atoms with van der Waals surface area (Å²) < 4.78 is 5.67. The predicted octanol–water partition coefficient (Wildman–Crippen LogP) is 4.07. The summed E-state index contributed by atoms with van der Waals surface area (Å²) in [4.78, 5) is 14.1. The third-order valence-corrected chi connectivity index (χ3v) is 4.37. The Morgan fingerprint density at radius 1 is 1.48 bits per heavy atom. The molecule has 0 N–H and O–H groups in total. The molecule has 1 aliphatic rings. The van der Waals surface area contributed by atoms with Gasteiger partial charge in [0.15, 0.2) is 0 Å². The van der Waals surface area contributed by atoms with Gasteiger partial charge in [-0.1, -0.05) is 18.5 Å². The largest absolute Gasteiger partial charge is 0.494 e. The Kier molecular flexibility index (Phi) is 5.92. The van der Waals surface area contributed by atoms with Crippen molar-refractivity contribution in [2.45, 2.75) is 39.5 Å². The zero-order valence-corrected chi connectivity index (χ0v) is 13.7. The monoisotopic (exact) mass is 309 g/mol. The van der Waals surface area contributed by atoms with Gasteiger partial charge in [-0.05, 0) is 55.9 Å². The summed E-state index contributed by atoms with van der Waals surface area (Å²) >= 11 is 5.98. The van der Waals surface area contributed by atoms with Crippen molar-refractivity contribution in [1.29, 1.82) is 0 Å². The van der Waals surface area contributed by atoms with Gasteiger partial charge in [0, 0.05) is 24.5 Å². The van der Waals surface area contributed by atoms with Crippen molar-refractivity contribution in [1.82, 2.24) is 4.90 Å². The molecule has 0 radical (unpaired) electrons. The Bertz CT molecular complexity index is 490. The van der Waals surface area contributed by atoms with E-state index in [2.05, 4.69) is 6.92 Å². The molecule has 0 bridgehead atoms. The van der Waals surface area contributed by atoms with Crippen LogP contribution in [0.15, 0.2) is 18.2 Å². The topological polar surface area (TPSA) is 29.5 Å². The maximum Gasteiger partial charge on any atom is 0.222 e. The number of piperidine rings is 1. The van der Waals surface area contributed by atoms with Gasteiger partial charge in [-0.2, -0.15) is 0 Å². The Labute approximate surface area is 132 Å². The molecule has 0 spiro atoms. The number of amides is 1. The van der Waals surface area contributed by atoms with Gasteiger partial charge in [0.1, 0.15) is 5.75 Å². The third-order valence-electron chi connectivity index (χ3n) is 3.94. The van der Waals surface area contributed by atoms with Crippen LogP contribution in [0.4, 0.5) is 0 Å². The van der Waals surface area contributed by atoms with Gasteiger partial charge in [-0.15, -0.1) is 0 Å². The first kappa shape index (κ1) is 16.2. The van der Waals surface area contributed by atoms with Crippen molar-refractivity contribution in [3.05, 3.63) is 28.8 Å². The van der Waals surface area contributed by atoms with E-state index < -0.39 is 0 Å². The summed E-state index contributed by atoms with van der Waals surface area (Å²) in [5, 5.41) is 0.747. The lowest BCUT2D eigenvalue weighted by molar-refractivity contribution is -0.133. The second-order valence-corrected chi connectivity index (χ2v) is 6.36. The number of benzene rings is 1. The number of hydrogen-bond donors (Lipinski definition) is 0. The molecule has 0 aromatic heterocycles. The highest BCUT2D eigenvalue weighted by molar-refractivity contribution is 6.31. The zero-order chi connectivity index (χ0) is 15.2. The van der Waals surface area contributed by atoms with Crippen LogP contribution < -0.4 is 4.74 Å². The second-order valence-electron chi connectivity index (χ2n) is 5.95. The molecule has 1 saturated heterocycles. The number of carbonyl (C=O) groups is 1. The molecule has 1 aliphatic heterocycles. The molecule has 1 heterocycles. The van der Waals surface area contributed by atoms with E-state index in [0.717, 1.165) is 42.3 Å². The Balaban J connectivity index is 1.69. The van der Waals surface area contributed by atoms with Crippen molar-refractivity contribution in [3.8, 4) is 5.75 Å². The maximum absolute atomic E-state index is 12.1. The van der Waals surface area contributed by atoms with Crippen molar-refractivity contribution < 1.29 is 9.53 Å². The van der Waals surface area contributed by atoms with Crippen LogP contribution in [0.2, 0.25) is 5.02 Å². The molecule has 0 aliphatic carbocycles. The molecule has 4 heteroatoms. The van der Waals surface area contributed by atoms with Crippen LogP contribution in [-0.4, -0.2) is 30.5 Å². The van der Waals surface area contributed by atoms with Crippen molar-refractivity contribution in [2.24, 2.45) is 5.92 Å². The van der Waals surface area contributed by atoms with E-state index >= 15 is 0 Å². The highest BCUT2D eigenvalue weighted by atomic mass is 35.5. The molecular formula is C17H24ClNO2. The number of halogens is 1. The molecule has 1 aromatic carbocycles. The molecule has 3 nitrogen and oxygen atoms in total. The fourth-order valence-electron chi connectivity index (χ4n) is 2.69. The van der Waals surface area contributed by atoms with Crippen molar-refractivity contribution >= 4 is 17.5 Å². The number of rotatable bonds is 5. The van der Waals surface area contributed by atoms with E-state index in [-0.39, 0.29) is 5.91 Å². The van der Waals surface area contributed by atoms with Crippen LogP contribution in [0.5, 0.6) is 5.75 Å². The molecule has 2 rings (SSSR count). The molecule has 1 fully saturated rings. The highest BCUT2D eigenvalue weighted by Crippen LogP contribution is 2.21. The number of ether oxygens (including phenoxy) is 1.